The van der Waals surface area contributed by atoms with Crippen molar-refractivity contribution in [2.75, 3.05) is 13.1 Å². The molecule has 0 aromatic carbocycles. The van der Waals surface area contributed by atoms with Gasteiger partial charge in [0.15, 0.2) is 0 Å². The van der Waals surface area contributed by atoms with Gasteiger partial charge in [-0.1, -0.05) is 19.1 Å². The maximum Gasteiger partial charge on any atom is 0.222 e. The fourth-order valence-corrected chi connectivity index (χ4v) is 1.28. The zero-order valence-electron chi connectivity index (χ0n) is 7.05. The van der Waals surface area contributed by atoms with Crippen molar-refractivity contribution >= 4 is 5.91 Å². The molecule has 0 unspecified atom stereocenters. The predicted molar refractivity (Wildman–Crippen MR) is 45.2 cm³/mol. The van der Waals surface area contributed by atoms with Gasteiger partial charge >= 0.3 is 0 Å². The van der Waals surface area contributed by atoms with Gasteiger partial charge in [0, 0.05) is 19.5 Å². The minimum atomic E-state index is 0.286. The Hall–Kier alpha value is -0.790. The van der Waals surface area contributed by atoms with Gasteiger partial charge in [-0.2, -0.15) is 0 Å². The second-order valence-corrected chi connectivity index (χ2v) is 2.78. The lowest BCUT2D eigenvalue weighted by atomic mass is 10.3. The van der Waals surface area contributed by atoms with Crippen LogP contribution in [-0.2, 0) is 4.79 Å². The third-order valence-electron chi connectivity index (χ3n) is 1.95. The molecule has 1 amide bonds. The van der Waals surface area contributed by atoms with Crippen molar-refractivity contribution in [1.82, 2.24) is 4.90 Å². The fraction of sp³-hybridized carbons (Fsp3) is 0.667. The van der Waals surface area contributed by atoms with Gasteiger partial charge in [-0.3, -0.25) is 4.79 Å². The highest BCUT2D eigenvalue weighted by Crippen LogP contribution is 2.03. The molecule has 0 saturated heterocycles. The Kier molecular flexibility index (Phi) is 3.14. The van der Waals surface area contributed by atoms with E-state index in [1.165, 1.54) is 0 Å². The van der Waals surface area contributed by atoms with Gasteiger partial charge in [-0.05, 0) is 12.8 Å². The van der Waals surface area contributed by atoms with E-state index < -0.39 is 0 Å². The average molecular weight is 153 g/mol. The van der Waals surface area contributed by atoms with Gasteiger partial charge in [0.2, 0.25) is 5.91 Å². The summed E-state index contributed by atoms with van der Waals surface area (Å²) in [5, 5.41) is 0. The minimum Gasteiger partial charge on any atom is -0.342 e. The van der Waals surface area contributed by atoms with Crippen LogP contribution in [0.2, 0.25) is 0 Å². The molecule has 1 heterocycles. The summed E-state index contributed by atoms with van der Waals surface area (Å²) in [5.74, 6) is 0.286. The van der Waals surface area contributed by atoms with E-state index in [0.717, 1.165) is 25.9 Å². The van der Waals surface area contributed by atoms with Gasteiger partial charge in [0.1, 0.15) is 0 Å². The lowest BCUT2D eigenvalue weighted by molar-refractivity contribution is -0.130. The first kappa shape index (κ1) is 8.31. The molecule has 2 heteroatoms. The van der Waals surface area contributed by atoms with Crippen molar-refractivity contribution in [3.63, 3.8) is 0 Å². The van der Waals surface area contributed by atoms with Gasteiger partial charge < -0.3 is 4.90 Å². The summed E-state index contributed by atoms with van der Waals surface area (Å²) in [4.78, 5) is 13.2. The van der Waals surface area contributed by atoms with E-state index in [9.17, 15) is 4.79 Å². The van der Waals surface area contributed by atoms with Gasteiger partial charge in [0.25, 0.3) is 0 Å². The molecular formula is C9H15NO. The topological polar surface area (TPSA) is 20.3 Å². The summed E-state index contributed by atoms with van der Waals surface area (Å²) in [7, 11) is 0. The van der Waals surface area contributed by atoms with Crippen molar-refractivity contribution in [2.24, 2.45) is 0 Å². The van der Waals surface area contributed by atoms with Crippen LogP contribution in [0.25, 0.3) is 0 Å². The van der Waals surface area contributed by atoms with Crippen LogP contribution < -0.4 is 0 Å². The second kappa shape index (κ2) is 4.16. The third-order valence-corrected chi connectivity index (χ3v) is 1.95. The Morgan fingerprint density at radius 3 is 2.36 bits per heavy atom. The lowest BCUT2D eigenvalue weighted by Gasteiger charge is -2.18. The molecule has 0 atom stereocenters. The molecular weight excluding hydrogens is 138 g/mol. The van der Waals surface area contributed by atoms with E-state index in [4.69, 9.17) is 0 Å². The average Bonchev–Trinajstić information content (AvgIpc) is 2.30. The maximum atomic E-state index is 11.2. The number of hydrogen-bond donors (Lipinski definition) is 0. The summed E-state index contributed by atoms with van der Waals surface area (Å²) in [6.45, 7) is 3.73. The van der Waals surface area contributed by atoms with Crippen LogP contribution >= 0.6 is 0 Å². The van der Waals surface area contributed by atoms with Crippen LogP contribution in [0.5, 0.6) is 0 Å². The van der Waals surface area contributed by atoms with Crippen molar-refractivity contribution in [2.45, 2.75) is 26.2 Å². The van der Waals surface area contributed by atoms with E-state index in [1.54, 1.807) is 0 Å². The molecule has 0 aromatic rings. The Morgan fingerprint density at radius 1 is 1.36 bits per heavy atom. The van der Waals surface area contributed by atoms with E-state index in [-0.39, 0.29) is 5.91 Å². The first-order valence-electron chi connectivity index (χ1n) is 4.27. The highest BCUT2D eigenvalue weighted by Gasteiger charge is 2.10. The molecule has 0 spiro atoms. The van der Waals surface area contributed by atoms with E-state index in [0.29, 0.717) is 6.42 Å². The Balaban J connectivity index is 2.40. The Morgan fingerprint density at radius 2 is 1.91 bits per heavy atom. The first-order chi connectivity index (χ1) is 5.34. The van der Waals surface area contributed by atoms with Crippen LogP contribution in [0.3, 0.4) is 0 Å². The second-order valence-electron chi connectivity index (χ2n) is 2.78. The SMILES string of the molecule is CCC(=O)N1CCC=CCC1. The normalized spacial score (nSPS) is 18.1. The highest BCUT2D eigenvalue weighted by atomic mass is 16.2. The quantitative estimate of drug-likeness (QED) is 0.524. The van der Waals surface area contributed by atoms with E-state index >= 15 is 0 Å². The minimum absolute atomic E-state index is 0.286. The monoisotopic (exact) mass is 153 g/mol. The molecule has 11 heavy (non-hydrogen) atoms. The number of nitrogens with zero attached hydrogens (tertiary/aromatic N) is 1. The molecule has 0 aromatic heterocycles. The molecule has 0 aliphatic carbocycles. The standard InChI is InChI=1S/C9H15NO/c1-2-9(11)10-7-5-3-4-6-8-10/h3-4H,2,5-8H2,1H3. The first-order valence-corrected chi connectivity index (χ1v) is 4.27. The number of carbonyl (C=O) groups is 1. The molecule has 1 aliphatic rings. The summed E-state index contributed by atoms with van der Waals surface area (Å²) in [5.41, 5.74) is 0. The molecule has 0 bridgehead atoms. The molecule has 2 nitrogen and oxygen atoms in total. The maximum absolute atomic E-state index is 11.2. The van der Waals surface area contributed by atoms with Crippen LogP contribution in [0.4, 0.5) is 0 Å². The zero-order valence-corrected chi connectivity index (χ0v) is 7.05. The summed E-state index contributed by atoms with van der Waals surface area (Å²) in [6, 6.07) is 0. The number of hydrogen-bond acceptors (Lipinski definition) is 1. The molecule has 62 valence electrons. The Bertz CT molecular complexity index is 153. The summed E-state index contributed by atoms with van der Waals surface area (Å²) in [6.07, 6.45) is 6.99. The zero-order chi connectivity index (χ0) is 8.10. The highest BCUT2D eigenvalue weighted by molar-refractivity contribution is 5.75. The van der Waals surface area contributed by atoms with Crippen LogP contribution in [0.15, 0.2) is 12.2 Å². The van der Waals surface area contributed by atoms with Crippen LogP contribution in [0, 0.1) is 0 Å². The van der Waals surface area contributed by atoms with Crippen molar-refractivity contribution < 1.29 is 4.79 Å². The molecule has 0 radical (unpaired) electrons. The molecule has 1 rings (SSSR count). The molecule has 0 N–H and O–H groups in total. The van der Waals surface area contributed by atoms with Gasteiger partial charge in [-0.25, -0.2) is 0 Å². The number of rotatable bonds is 1. The van der Waals surface area contributed by atoms with Gasteiger partial charge in [-0.15, -0.1) is 0 Å². The largest absolute Gasteiger partial charge is 0.342 e. The molecule has 0 fully saturated rings. The smallest absolute Gasteiger partial charge is 0.222 e. The fourth-order valence-electron chi connectivity index (χ4n) is 1.28. The van der Waals surface area contributed by atoms with Crippen LogP contribution in [-0.4, -0.2) is 23.9 Å². The van der Waals surface area contributed by atoms with Gasteiger partial charge in [0.05, 0.1) is 0 Å². The summed E-state index contributed by atoms with van der Waals surface area (Å²) < 4.78 is 0. The number of amides is 1. The van der Waals surface area contributed by atoms with Crippen molar-refractivity contribution in [3.8, 4) is 0 Å². The molecule has 0 saturated carbocycles. The molecule has 1 aliphatic heterocycles. The van der Waals surface area contributed by atoms with Crippen molar-refractivity contribution in [3.05, 3.63) is 12.2 Å². The predicted octanol–water partition coefficient (Wildman–Crippen LogP) is 1.58. The van der Waals surface area contributed by atoms with Crippen LogP contribution in [0.1, 0.15) is 26.2 Å². The lowest BCUT2D eigenvalue weighted by Crippen LogP contribution is -2.31. The van der Waals surface area contributed by atoms with E-state index in [2.05, 4.69) is 12.2 Å². The third kappa shape index (κ3) is 2.37. The number of carbonyl (C=O) groups excluding carboxylic acids is 1. The summed E-state index contributed by atoms with van der Waals surface area (Å²) >= 11 is 0. The Labute approximate surface area is 67.9 Å². The van der Waals surface area contributed by atoms with Crippen molar-refractivity contribution in [1.29, 1.82) is 0 Å². The van der Waals surface area contributed by atoms with E-state index in [1.807, 2.05) is 11.8 Å².